The number of hydrogen-bond acceptors (Lipinski definition) is 15. The van der Waals surface area contributed by atoms with Gasteiger partial charge in [-0.2, -0.15) is 0 Å². The van der Waals surface area contributed by atoms with Crippen molar-refractivity contribution in [2.45, 2.75) is 180 Å². The van der Waals surface area contributed by atoms with Gasteiger partial charge in [0.05, 0.1) is 24.4 Å². The molecule has 4 heterocycles. The van der Waals surface area contributed by atoms with Crippen molar-refractivity contribution in [3.8, 4) is 0 Å². The molecular formula is C52H79N5O12. The Kier molecular flexibility index (Phi) is 20.8. The van der Waals surface area contributed by atoms with E-state index in [1.54, 1.807) is 52.1 Å². The summed E-state index contributed by atoms with van der Waals surface area (Å²) >= 11 is 0. The standard InChI is InChI=1S/C52H79N5O12/c1-31-16-12-11-13-17-32(2)43(65-8)28-39-21-19-37(7)52(64,69-39)49(61)50(62)56-23-15-14-18-41(56)51(63)68-44(34(4)26-38-20-22-40(45(27-38)66-9)57-30-53-54-55-57)29-42(58)33(3)25-36(6)47(60)48(67-10)46(59)35(5)24-31/h11-13,16-17,25,30-31,33-35,37-41,43-45,47-48,60,64H,14-15,18-24,26-29H2,1-10H3/b13-11+,16-12-,32-17+,36-25+/t31-,33-,34-,35+,37-,38+,39+,40+,41?,43+,44+,45-,47-,48+,52-/m1/s1. The molecule has 1 aromatic heterocycles. The molecule has 1 saturated carbocycles. The first-order valence-electron chi connectivity index (χ1n) is 25.0. The molecule has 1 aromatic rings. The smallest absolute Gasteiger partial charge is 0.329 e. The van der Waals surface area contributed by atoms with E-state index in [0.29, 0.717) is 56.9 Å². The predicted octanol–water partition coefficient (Wildman–Crippen LogP) is 6.05. The van der Waals surface area contributed by atoms with Crippen LogP contribution in [0.15, 0.2) is 53.9 Å². The van der Waals surface area contributed by atoms with E-state index in [4.69, 9.17) is 23.7 Å². The van der Waals surface area contributed by atoms with Crippen molar-refractivity contribution in [3.63, 3.8) is 0 Å². The first-order valence-corrected chi connectivity index (χ1v) is 25.0. The lowest BCUT2D eigenvalue weighted by Crippen LogP contribution is -2.61. The van der Waals surface area contributed by atoms with Gasteiger partial charge in [0.1, 0.15) is 36.5 Å². The third-order valence-corrected chi connectivity index (χ3v) is 15.2. The van der Waals surface area contributed by atoms with Crippen LogP contribution in [0.5, 0.6) is 0 Å². The lowest BCUT2D eigenvalue weighted by molar-refractivity contribution is -0.265. The van der Waals surface area contributed by atoms with Crippen molar-refractivity contribution in [2.24, 2.45) is 35.5 Å². The molecule has 3 fully saturated rings. The van der Waals surface area contributed by atoms with Gasteiger partial charge in [-0.1, -0.05) is 71.1 Å². The van der Waals surface area contributed by atoms with Crippen molar-refractivity contribution in [1.82, 2.24) is 25.1 Å². The van der Waals surface area contributed by atoms with Crippen LogP contribution in [0.4, 0.5) is 0 Å². The molecule has 0 spiro atoms. The van der Waals surface area contributed by atoms with E-state index < -0.39 is 77.8 Å². The maximum absolute atomic E-state index is 14.5. The maximum atomic E-state index is 14.5. The van der Waals surface area contributed by atoms with Crippen LogP contribution in [-0.4, -0.2) is 141 Å². The Morgan fingerprint density at radius 1 is 0.884 bits per heavy atom. The number of hydrogen-bond donors (Lipinski definition) is 2. The van der Waals surface area contributed by atoms with Crippen LogP contribution in [0, 0.1) is 35.5 Å². The minimum atomic E-state index is -2.43. The molecule has 4 aliphatic rings. The fourth-order valence-electron chi connectivity index (χ4n) is 10.7. The summed E-state index contributed by atoms with van der Waals surface area (Å²) in [5.41, 5.74) is 1.27. The van der Waals surface area contributed by atoms with Crippen LogP contribution in [-0.2, 0) is 47.7 Å². The number of aromatic nitrogens is 4. The number of tetrazole rings is 1. The quantitative estimate of drug-likeness (QED) is 0.181. The van der Waals surface area contributed by atoms with Gasteiger partial charge in [-0.25, -0.2) is 9.48 Å². The minimum absolute atomic E-state index is 0.0170. The third-order valence-electron chi connectivity index (χ3n) is 15.2. The van der Waals surface area contributed by atoms with Gasteiger partial charge in [-0.05, 0) is 117 Å². The Labute approximate surface area is 408 Å². The van der Waals surface area contributed by atoms with Crippen LogP contribution in [0.1, 0.15) is 132 Å². The SMILES string of the molecule is CO[C@H]1C[C@@H]2CC[C@@H](C)[C@@](O)(O2)C(=O)C(=O)N2CCCCC2C(=O)O[C@H]([C@H](C)C[C@@H]2CC[C@H](n3cnnn3)[C@H](OC)C2)CC(=O)[C@H](C)/C=C(\C)[C@@H](O)[C@@H](OC)C(=O)[C@@H](C)C[C@H](C)\C=C/C=C/C=C/1C. The first-order chi connectivity index (χ1) is 32.8. The highest BCUT2D eigenvalue weighted by Gasteiger charge is 2.53. The lowest BCUT2D eigenvalue weighted by atomic mass is 9.77. The van der Waals surface area contributed by atoms with Gasteiger partial charge in [0.25, 0.3) is 11.7 Å². The second-order valence-corrected chi connectivity index (χ2v) is 20.4. The van der Waals surface area contributed by atoms with Crippen LogP contribution in [0.25, 0.3) is 0 Å². The minimum Gasteiger partial charge on any atom is -0.460 e. The number of ketones is 3. The number of ether oxygens (including phenoxy) is 5. The molecule has 5 rings (SSSR count). The van der Waals surface area contributed by atoms with Crippen LogP contribution < -0.4 is 0 Å². The number of rotatable bonds is 7. The molecule has 2 N–H and O–H groups in total. The summed E-state index contributed by atoms with van der Waals surface area (Å²) in [5.74, 6) is -7.92. The van der Waals surface area contributed by atoms with Gasteiger partial charge >= 0.3 is 5.97 Å². The molecule has 3 aliphatic heterocycles. The molecule has 0 radical (unpaired) electrons. The molecular weight excluding hydrogens is 887 g/mol. The average Bonchev–Trinajstić information content (AvgIpc) is 3.88. The van der Waals surface area contributed by atoms with Crippen LogP contribution in [0.3, 0.4) is 0 Å². The number of Topliss-reactive ketones (excluding diaryl/α,β-unsaturated/α-hetero) is 3. The normalized spacial score (nSPS) is 38.8. The van der Waals surface area contributed by atoms with E-state index >= 15 is 0 Å². The number of nitrogens with zero attached hydrogens (tertiary/aromatic N) is 5. The number of amides is 1. The number of aliphatic hydroxyl groups excluding tert-OH is 1. The van der Waals surface area contributed by atoms with Gasteiger partial charge in [0.2, 0.25) is 5.79 Å². The van der Waals surface area contributed by atoms with Crippen molar-refractivity contribution in [1.29, 1.82) is 0 Å². The number of aliphatic hydroxyl groups is 2. The van der Waals surface area contributed by atoms with Crippen molar-refractivity contribution in [2.75, 3.05) is 27.9 Å². The van der Waals surface area contributed by atoms with E-state index in [2.05, 4.69) is 15.5 Å². The Morgan fingerprint density at radius 2 is 1.64 bits per heavy atom. The summed E-state index contributed by atoms with van der Waals surface area (Å²) in [6.07, 6.45) is 13.9. The molecule has 69 heavy (non-hydrogen) atoms. The summed E-state index contributed by atoms with van der Waals surface area (Å²) in [7, 11) is 4.62. The zero-order valence-corrected chi connectivity index (χ0v) is 42.5. The number of methoxy groups -OCH3 is 3. The van der Waals surface area contributed by atoms with Gasteiger partial charge < -0.3 is 38.8 Å². The van der Waals surface area contributed by atoms with E-state index in [1.807, 2.05) is 58.1 Å². The maximum Gasteiger partial charge on any atom is 0.329 e. The van der Waals surface area contributed by atoms with E-state index in [0.717, 1.165) is 18.4 Å². The molecule has 384 valence electrons. The highest BCUT2D eigenvalue weighted by atomic mass is 16.6. The third kappa shape index (κ3) is 14.2. The summed E-state index contributed by atoms with van der Waals surface area (Å²) in [5, 5.41) is 35.2. The topological polar surface area (TPSA) is 219 Å². The summed E-state index contributed by atoms with van der Waals surface area (Å²) < 4.78 is 31.6. The highest BCUT2D eigenvalue weighted by molar-refractivity contribution is 6.39. The predicted molar refractivity (Wildman–Crippen MR) is 256 cm³/mol. The number of allylic oxidation sites excluding steroid dienone is 6. The molecule has 2 saturated heterocycles. The van der Waals surface area contributed by atoms with Crippen LogP contribution >= 0.6 is 0 Å². The molecule has 17 nitrogen and oxygen atoms in total. The number of carbonyl (C=O) groups excluding carboxylic acids is 5. The molecule has 0 aromatic carbocycles. The summed E-state index contributed by atoms with van der Waals surface area (Å²) in [6.45, 7) is 12.8. The molecule has 15 atom stereocenters. The van der Waals surface area contributed by atoms with Crippen molar-refractivity contribution < 1.29 is 57.9 Å². The fourth-order valence-corrected chi connectivity index (χ4v) is 10.7. The highest BCUT2D eigenvalue weighted by Crippen LogP contribution is 2.39. The lowest BCUT2D eigenvalue weighted by Gasteiger charge is -2.42. The average molecular weight is 966 g/mol. The van der Waals surface area contributed by atoms with Gasteiger partial charge in [0.15, 0.2) is 5.78 Å². The van der Waals surface area contributed by atoms with Gasteiger partial charge in [-0.3, -0.25) is 19.2 Å². The number of carbonyl (C=O) groups is 5. The fraction of sp³-hybridized carbons (Fsp3) is 0.731. The largest absolute Gasteiger partial charge is 0.460 e. The van der Waals surface area contributed by atoms with E-state index in [-0.39, 0.29) is 60.9 Å². The van der Waals surface area contributed by atoms with Gasteiger partial charge in [-0.15, -0.1) is 5.10 Å². The van der Waals surface area contributed by atoms with E-state index in [1.165, 1.54) is 12.0 Å². The summed E-state index contributed by atoms with van der Waals surface area (Å²) in [4.78, 5) is 72.3. The number of fused-ring (bicyclic) bond motifs is 3. The number of cyclic esters (lactones) is 1. The molecule has 2 bridgehead atoms. The van der Waals surface area contributed by atoms with Gasteiger partial charge in [0, 0.05) is 58.5 Å². The second-order valence-electron chi connectivity index (χ2n) is 20.4. The monoisotopic (exact) mass is 966 g/mol. The number of piperidine rings is 1. The zero-order valence-electron chi connectivity index (χ0n) is 42.5. The molecule has 1 unspecified atom stereocenters. The Morgan fingerprint density at radius 3 is 2.32 bits per heavy atom. The van der Waals surface area contributed by atoms with Crippen molar-refractivity contribution in [3.05, 3.63) is 53.9 Å². The first kappa shape index (κ1) is 55.7. The van der Waals surface area contributed by atoms with E-state index in [9.17, 15) is 34.2 Å². The number of esters is 1. The Balaban J connectivity index is 1.46. The molecule has 1 aliphatic carbocycles. The Bertz CT molecular complexity index is 2020. The molecule has 17 heteroatoms. The van der Waals surface area contributed by atoms with Crippen molar-refractivity contribution >= 4 is 29.2 Å². The second kappa shape index (κ2) is 25.7. The zero-order chi connectivity index (χ0) is 50.6. The summed E-state index contributed by atoms with van der Waals surface area (Å²) in [6, 6.07) is -1.19. The molecule has 1 amide bonds. The Hall–Kier alpha value is -4.26. The van der Waals surface area contributed by atoms with Crippen LogP contribution in [0.2, 0.25) is 0 Å².